The van der Waals surface area contributed by atoms with Crippen LogP contribution in [0.5, 0.6) is 0 Å². The van der Waals surface area contributed by atoms with Crippen molar-refractivity contribution in [3.63, 3.8) is 0 Å². The standard InChI is InChI=1S/C22H19BrFN3OS/c23-16-7-5-15(6-8-16)13-14-25-22(29)27-18-11-9-17(10-12-18)26-21(28)19-3-1-2-4-20(19)24/h1-12H,13-14H2,(H,26,28)(H2,25,27,29). The van der Waals surface area contributed by atoms with Gasteiger partial charge in [0, 0.05) is 22.4 Å². The number of benzene rings is 3. The number of carbonyl (C=O) groups is 1. The van der Waals surface area contributed by atoms with Gasteiger partial charge in [-0.15, -0.1) is 0 Å². The first-order valence-electron chi connectivity index (χ1n) is 8.96. The normalized spacial score (nSPS) is 10.3. The maximum absolute atomic E-state index is 13.7. The molecule has 0 aliphatic heterocycles. The van der Waals surface area contributed by atoms with E-state index in [1.54, 1.807) is 36.4 Å². The summed E-state index contributed by atoms with van der Waals surface area (Å²) in [7, 11) is 0. The third kappa shape index (κ3) is 6.37. The minimum Gasteiger partial charge on any atom is -0.362 e. The average Bonchev–Trinajstić information content (AvgIpc) is 2.71. The Morgan fingerprint density at radius 3 is 2.17 bits per heavy atom. The van der Waals surface area contributed by atoms with Gasteiger partial charge in [0.15, 0.2) is 5.11 Å². The molecule has 0 bridgehead atoms. The van der Waals surface area contributed by atoms with Crippen LogP contribution in [0.1, 0.15) is 15.9 Å². The van der Waals surface area contributed by atoms with E-state index in [2.05, 4.69) is 44.0 Å². The zero-order valence-electron chi connectivity index (χ0n) is 15.4. The van der Waals surface area contributed by atoms with Gasteiger partial charge >= 0.3 is 0 Å². The van der Waals surface area contributed by atoms with Crippen LogP contribution in [0, 0.1) is 5.82 Å². The molecular weight excluding hydrogens is 453 g/mol. The molecule has 0 atom stereocenters. The van der Waals surface area contributed by atoms with Gasteiger partial charge in [-0.2, -0.15) is 0 Å². The Morgan fingerprint density at radius 2 is 1.52 bits per heavy atom. The Bertz CT molecular complexity index is 994. The summed E-state index contributed by atoms with van der Waals surface area (Å²) >= 11 is 8.73. The maximum Gasteiger partial charge on any atom is 0.258 e. The lowest BCUT2D eigenvalue weighted by molar-refractivity contribution is 0.102. The second-order valence-electron chi connectivity index (χ2n) is 6.27. The van der Waals surface area contributed by atoms with Gasteiger partial charge in [-0.25, -0.2) is 4.39 Å². The zero-order chi connectivity index (χ0) is 20.6. The molecule has 0 heterocycles. The van der Waals surface area contributed by atoms with Gasteiger partial charge in [-0.3, -0.25) is 4.79 Å². The molecule has 0 aliphatic carbocycles. The van der Waals surface area contributed by atoms with Gasteiger partial charge in [0.25, 0.3) is 5.91 Å². The molecule has 0 unspecified atom stereocenters. The first kappa shape index (κ1) is 21.0. The van der Waals surface area contributed by atoms with Crippen molar-refractivity contribution >= 4 is 50.5 Å². The minimum absolute atomic E-state index is 0.00542. The van der Waals surface area contributed by atoms with Crippen molar-refractivity contribution < 1.29 is 9.18 Å². The fraction of sp³-hybridized carbons (Fsp3) is 0.0909. The molecule has 7 heteroatoms. The predicted molar refractivity (Wildman–Crippen MR) is 123 cm³/mol. The molecular formula is C22H19BrFN3OS. The molecule has 0 fully saturated rings. The predicted octanol–water partition coefficient (Wildman–Crippen LogP) is 5.37. The van der Waals surface area contributed by atoms with Crippen LogP contribution in [0.3, 0.4) is 0 Å². The smallest absolute Gasteiger partial charge is 0.258 e. The fourth-order valence-electron chi connectivity index (χ4n) is 2.63. The summed E-state index contributed by atoms with van der Waals surface area (Å²) in [5.41, 5.74) is 2.58. The molecule has 148 valence electrons. The Balaban J connectivity index is 1.47. The highest BCUT2D eigenvalue weighted by Crippen LogP contribution is 2.16. The molecule has 1 amide bonds. The lowest BCUT2D eigenvalue weighted by Gasteiger charge is -2.12. The third-order valence-electron chi connectivity index (χ3n) is 4.13. The number of amides is 1. The van der Waals surface area contributed by atoms with E-state index in [4.69, 9.17) is 12.2 Å². The van der Waals surface area contributed by atoms with Crippen LogP contribution in [-0.2, 0) is 6.42 Å². The van der Waals surface area contributed by atoms with E-state index in [-0.39, 0.29) is 5.56 Å². The first-order valence-corrected chi connectivity index (χ1v) is 10.2. The van der Waals surface area contributed by atoms with Crippen LogP contribution < -0.4 is 16.0 Å². The largest absolute Gasteiger partial charge is 0.362 e. The summed E-state index contributed by atoms with van der Waals surface area (Å²) in [6.45, 7) is 0.713. The van der Waals surface area contributed by atoms with Crippen molar-refractivity contribution in [2.75, 3.05) is 17.2 Å². The highest BCUT2D eigenvalue weighted by Gasteiger charge is 2.10. The summed E-state index contributed by atoms with van der Waals surface area (Å²) in [6.07, 6.45) is 0.857. The van der Waals surface area contributed by atoms with E-state index >= 15 is 0 Å². The average molecular weight is 472 g/mol. The highest BCUT2D eigenvalue weighted by atomic mass is 79.9. The van der Waals surface area contributed by atoms with E-state index in [0.717, 1.165) is 16.6 Å². The van der Waals surface area contributed by atoms with Crippen molar-refractivity contribution in [3.8, 4) is 0 Å². The number of halogens is 2. The van der Waals surface area contributed by atoms with E-state index in [1.807, 2.05) is 12.1 Å². The number of rotatable bonds is 6. The summed E-state index contributed by atoms with van der Waals surface area (Å²) in [5.74, 6) is -1.04. The second kappa shape index (κ2) is 10.1. The molecule has 0 saturated carbocycles. The van der Waals surface area contributed by atoms with Gasteiger partial charge < -0.3 is 16.0 Å². The van der Waals surface area contributed by atoms with Crippen LogP contribution in [0.25, 0.3) is 0 Å². The first-order chi connectivity index (χ1) is 14.0. The second-order valence-corrected chi connectivity index (χ2v) is 7.59. The summed E-state index contributed by atoms with van der Waals surface area (Å²) in [5, 5.41) is 9.46. The number of hydrogen-bond acceptors (Lipinski definition) is 2. The van der Waals surface area contributed by atoms with Gasteiger partial charge in [-0.05, 0) is 72.7 Å². The van der Waals surface area contributed by atoms with Crippen LogP contribution >= 0.6 is 28.1 Å². The monoisotopic (exact) mass is 471 g/mol. The lowest BCUT2D eigenvalue weighted by atomic mass is 10.1. The van der Waals surface area contributed by atoms with E-state index in [0.29, 0.717) is 17.3 Å². The molecule has 0 saturated heterocycles. The number of hydrogen-bond donors (Lipinski definition) is 3. The van der Waals surface area contributed by atoms with Gasteiger partial charge in [-0.1, -0.05) is 40.2 Å². The van der Waals surface area contributed by atoms with Gasteiger partial charge in [0.2, 0.25) is 0 Å². The molecule has 0 radical (unpaired) electrons. The third-order valence-corrected chi connectivity index (χ3v) is 4.91. The summed E-state index contributed by atoms with van der Waals surface area (Å²) in [4.78, 5) is 12.2. The quantitative estimate of drug-likeness (QED) is 0.423. The minimum atomic E-state index is -0.553. The molecule has 0 aliphatic rings. The number of thiocarbonyl (C=S) groups is 1. The Labute approximate surface area is 182 Å². The van der Waals surface area contributed by atoms with Gasteiger partial charge in [0.1, 0.15) is 5.82 Å². The molecule has 0 spiro atoms. The Kier molecular flexibility index (Phi) is 7.32. The Hall–Kier alpha value is -2.77. The molecule has 29 heavy (non-hydrogen) atoms. The summed E-state index contributed by atoms with van der Waals surface area (Å²) < 4.78 is 14.7. The van der Waals surface area contributed by atoms with E-state index in [1.165, 1.54) is 17.7 Å². The van der Waals surface area contributed by atoms with Crippen molar-refractivity contribution in [2.45, 2.75) is 6.42 Å². The zero-order valence-corrected chi connectivity index (χ0v) is 17.8. The van der Waals surface area contributed by atoms with Crippen LogP contribution in [0.4, 0.5) is 15.8 Å². The maximum atomic E-state index is 13.7. The lowest BCUT2D eigenvalue weighted by Crippen LogP contribution is -2.30. The molecule has 4 nitrogen and oxygen atoms in total. The van der Waals surface area contributed by atoms with E-state index in [9.17, 15) is 9.18 Å². The molecule has 3 N–H and O–H groups in total. The number of carbonyl (C=O) groups excluding carboxylic acids is 1. The van der Waals surface area contributed by atoms with Gasteiger partial charge in [0.05, 0.1) is 5.56 Å². The van der Waals surface area contributed by atoms with Crippen LogP contribution in [0.2, 0.25) is 0 Å². The van der Waals surface area contributed by atoms with Crippen molar-refractivity contribution in [1.29, 1.82) is 0 Å². The van der Waals surface area contributed by atoms with Crippen molar-refractivity contribution in [3.05, 3.63) is 94.2 Å². The SMILES string of the molecule is O=C(Nc1ccc(NC(=S)NCCc2ccc(Br)cc2)cc1)c1ccccc1F. The van der Waals surface area contributed by atoms with Crippen LogP contribution in [0.15, 0.2) is 77.3 Å². The highest BCUT2D eigenvalue weighted by molar-refractivity contribution is 9.10. The number of anilines is 2. The number of nitrogens with one attached hydrogen (secondary N) is 3. The van der Waals surface area contributed by atoms with E-state index < -0.39 is 11.7 Å². The van der Waals surface area contributed by atoms with Crippen molar-refractivity contribution in [2.24, 2.45) is 0 Å². The molecule has 0 aromatic heterocycles. The van der Waals surface area contributed by atoms with Crippen LogP contribution in [-0.4, -0.2) is 17.6 Å². The Morgan fingerprint density at radius 1 is 0.897 bits per heavy atom. The fourth-order valence-corrected chi connectivity index (χ4v) is 3.11. The molecule has 3 rings (SSSR count). The van der Waals surface area contributed by atoms with Crippen molar-refractivity contribution in [1.82, 2.24) is 5.32 Å². The topological polar surface area (TPSA) is 53.2 Å². The summed E-state index contributed by atoms with van der Waals surface area (Å²) in [6, 6.07) is 21.1. The molecule has 3 aromatic rings. The molecule has 3 aromatic carbocycles.